The van der Waals surface area contributed by atoms with E-state index in [1.54, 1.807) is 0 Å². The molecule has 1 aromatic rings. The lowest BCUT2D eigenvalue weighted by Crippen LogP contribution is -2.40. The number of alkyl halides is 3. The Balaban J connectivity index is 3.02. The highest BCUT2D eigenvalue weighted by Gasteiger charge is 2.42. The summed E-state index contributed by atoms with van der Waals surface area (Å²) in [5.74, 6) is -1.21. The predicted octanol–water partition coefficient (Wildman–Crippen LogP) is 2.87. The van der Waals surface area contributed by atoms with Crippen LogP contribution in [0.5, 0.6) is 0 Å². The molecule has 7 heteroatoms. The number of nitrogens with zero attached hydrogens (tertiary/aromatic N) is 1. The number of carbonyl (C=O) groups is 1. The lowest BCUT2D eigenvalue weighted by molar-refractivity contribution is -0.164. The first-order valence-electron chi connectivity index (χ1n) is 5.90. The SMILES string of the molecule is CC(C)C(=O)NC(c1ccc(C=NO)cc1)C(F)(F)F. The lowest BCUT2D eigenvalue weighted by atomic mass is 10.0. The average Bonchev–Trinajstić information content (AvgIpc) is 2.35. The van der Waals surface area contributed by atoms with Crippen molar-refractivity contribution in [3.8, 4) is 0 Å². The van der Waals surface area contributed by atoms with E-state index in [2.05, 4.69) is 5.16 Å². The maximum atomic E-state index is 13.0. The summed E-state index contributed by atoms with van der Waals surface area (Å²) >= 11 is 0. The fourth-order valence-electron chi connectivity index (χ4n) is 1.50. The van der Waals surface area contributed by atoms with Gasteiger partial charge in [0.15, 0.2) is 6.04 Å². The summed E-state index contributed by atoms with van der Waals surface area (Å²) in [4.78, 5) is 11.5. The quantitative estimate of drug-likeness (QED) is 0.508. The summed E-state index contributed by atoms with van der Waals surface area (Å²) in [5, 5.41) is 13.1. The second-order valence-corrected chi connectivity index (χ2v) is 4.55. The van der Waals surface area contributed by atoms with Crippen molar-refractivity contribution in [3.05, 3.63) is 35.4 Å². The van der Waals surface area contributed by atoms with Crippen molar-refractivity contribution in [2.24, 2.45) is 11.1 Å². The molecule has 0 radical (unpaired) electrons. The number of rotatable bonds is 4. The Morgan fingerprint density at radius 1 is 1.30 bits per heavy atom. The first-order chi connectivity index (χ1) is 9.25. The third kappa shape index (κ3) is 4.25. The van der Waals surface area contributed by atoms with E-state index in [4.69, 9.17) is 5.21 Å². The molecule has 0 fully saturated rings. The fourth-order valence-corrected chi connectivity index (χ4v) is 1.50. The van der Waals surface area contributed by atoms with Crippen LogP contribution in [-0.2, 0) is 4.79 Å². The van der Waals surface area contributed by atoms with Gasteiger partial charge >= 0.3 is 6.18 Å². The van der Waals surface area contributed by atoms with Crippen molar-refractivity contribution in [2.75, 3.05) is 0 Å². The summed E-state index contributed by atoms with van der Waals surface area (Å²) in [7, 11) is 0. The first-order valence-corrected chi connectivity index (χ1v) is 5.90. The molecule has 4 nitrogen and oxygen atoms in total. The van der Waals surface area contributed by atoms with Gasteiger partial charge in [0.25, 0.3) is 0 Å². The standard InChI is InChI=1S/C13H15F3N2O2/c1-8(2)12(19)18-11(13(14,15)16)10-5-3-9(4-6-10)7-17-20/h3-8,11,20H,1-2H3,(H,18,19). The highest BCUT2D eigenvalue weighted by Crippen LogP contribution is 2.32. The van der Waals surface area contributed by atoms with Gasteiger partial charge in [0.1, 0.15) is 0 Å². The van der Waals surface area contributed by atoms with E-state index in [1.165, 1.54) is 38.1 Å². The van der Waals surface area contributed by atoms with E-state index >= 15 is 0 Å². The maximum absolute atomic E-state index is 13.0. The molecule has 0 aromatic heterocycles. The molecule has 1 aromatic carbocycles. The number of nitrogens with one attached hydrogen (secondary N) is 1. The molecule has 110 valence electrons. The second-order valence-electron chi connectivity index (χ2n) is 4.55. The largest absolute Gasteiger partial charge is 0.412 e. The topological polar surface area (TPSA) is 61.7 Å². The van der Waals surface area contributed by atoms with Crippen LogP contribution in [0.15, 0.2) is 29.4 Å². The van der Waals surface area contributed by atoms with Crippen molar-refractivity contribution in [2.45, 2.75) is 26.1 Å². The average molecular weight is 288 g/mol. The van der Waals surface area contributed by atoms with Gasteiger partial charge in [-0.15, -0.1) is 0 Å². The van der Waals surface area contributed by atoms with Crippen LogP contribution in [0.3, 0.4) is 0 Å². The lowest BCUT2D eigenvalue weighted by Gasteiger charge is -2.23. The van der Waals surface area contributed by atoms with E-state index in [0.717, 1.165) is 6.21 Å². The highest BCUT2D eigenvalue weighted by atomic mass is 19.4. The normalized spacial score (nSPS) is 13.7. The molecular formula is C13H15F3N2O2. The van der Waals surface area contributed by atoms with Gasteiger partial charge in [0.05, 0.1) is 6.21 Å². The van der Waals surface area contributed by atoms with Gasteiger partial charge in [-0.3, -0.25) is 4.79 Å². The number of carbonyl (C=O) groups excluding carboxylic acids is 1. The molecule has 0 aliphatic rings. The van der Waals surface area contributed by atoms with Gasteiger partial charge in [-0.2, -0.15) is 13.2 Å². The third-order valence-corrected chi connectivity index (χ3v) is 2.61. The van der Waals surface area contributed by atoms with E-state index in [1.807, 2.05) is 5.32 Å². The van der Waals surface area contributed by atoms with E-state index in [-0.39, 0.29) is 5.56 Å². The van der Waals surface area contributed by atoms with Gasteiger partial charge in [0.2, 0.25) is 5.91 Å². The Labute approximate surface area is 114 Å². The van der Waals surface area contributed by atoms with Gasteiger partial charge in [-0.25, -0.2) is 0 Å². The van der Waals surface area contributed by atoms with E-state index in [0.29, 0.717) is 5.56 Å². The smallest absolute Gasteiger partial charge is 0.411 e. The van der Waals surface area contributed by atoms with Crippen molar-refractivity contribution < 1.29 is 23.2 Å². The second kappa shape index (κ2) is 6.40. The summed E-state index contributed by atoms with van der Waals surface area (Å²) in [6.45, 7) is 3.03. The number of oxime groups is 1. The molecule has 0 heterocycles. The third-order valence-electron chi connectivity index (χ3n) is 2.61. The number of hydrogen-bond acceptors (Lipinski definition) is 3. The number of hydrogen-bond donors (Lipinski definition) is 2. The van der Waals surface area contributed by atoms with Crippen molar-refractivity contribution >= 4 is 12.1 Å². The zero-order valence-corrected chi connectivity index (χ0v) is 11.0. The van der Waals surface area contributed by atoms with Crippen LogP contribution >= 0.6 is 0 Å². The molecular weight excluding hydrogens is 273 g/mol. The van der Waals surface area contributed by atoms with Gasteiger partial charge in [0, 0.05) is 5.92 Å². The van der Waals surface area contributed by atoms with E-state index < -0.39 is 24.0 Å². The zero-order chi connectivity index (χ0) is 15.3. The first kappa shape index (κ1) is 16.0. The molecule has 20 heavy (non-hydrogen) atoms. The number of halogens is 3. The van der Waals surface area contributed by atoms with Crippen LogP contribution in [0.25, 0.3) is 0 Å². The Kier molecular flexibility index (Phi) is 5.12. The molecule has 0 saturated heterocycles. The Morgan fingerprint density at radius 3 is 2.25 bits per heavy atom. The van der Waals surface area contributed by atoms with E-state index in [9.17, 15) is 18.0 Å². The molecule has 0 spiro atoms. The highest BCUT2D eigenvalue weighted by molar-refractivity contribution is 5.79. The minimum Gasteiger partial charge on any atom is -0.411 e. The van der Waals surface area contributed by atoms with Gasteiger partial charge < -0.3 is 10.5 Å². The molecule has 0 bridgehead atoms. The summed E-state index contributed by atoms with van der Waals surface area (Å²) < 4.78 is 39.0. The van der Waals surface area contributed by atoms with Crippen molar-refractivity contribution in [1.82, 2.24) is 5.32 Å². The van der Waals surface area contributed by atoms with Crippen LogP contribution in [0.4, 0.5) is 13.2 Å². The number of benzene rings is 1. The van der Waals surface area contributed by atoms with Crippen molar-refractivity contribution in [3.63, 3.8) is 0 Å². The molecule has 0 aliphatic carbocycles. The van der Waals surface area contributed by atoms with Crippen LogP contribution < -0.4 is 5.32 Å². The predicted molar refractivity (Wildman–Crippen MR) is 67.6 cm³/mol. The summed E-state index contributed by atoms with van der Waals surface area (Å²) in [5.41, 5.74) is 0.369. The van der Waals surface area contributed by atoms with Crippen LogP contribution in [0, 0.1) is 5.92 Å². The monoisotopic (exact) mass is 288 g/mol. The minimum absolute atomic E-state index is 0.0819. The molecule has 0 saturated carbocycles. The van der Waals surface area contributed by atoms with Crippen LogP contribution in [-0.4, -0.2) is 23.5 Å². The van der Waals surface area contributed by atoms with Gasteiger partial charge in [-0.1, -0.05) is 43.3 Å². The molecule has 0 aliphatic heterocycles. The van der Waals surface area contributed by atoms with Gasteiger partial charge in [-0.05, 0) is 11.1 Å². The van der Waals surface area contributed by atoms with Crippen molar-refractivity contribution in [1.29, 1.82) is 0 Å². The fraction of sp³-hybridized carbons (Fsp3) is 0.385. The molecule has 1 amide bonds. The molecule has 1 rings (SSSR count). The molecule has 1 unspecified atom stereocenters. The Morgan fingerprint density at radius 2 is 1.85 bits per heavy atom. The molecule has 2 N–H and O–H groups in total. The Bertz CT molecular complexity index is 481. The zero-order valence-electron chi connectivity index (χ0n) is 11.0. The minimum atomic E-state index is -4.59. The van der Waals surface area contributed by atoms with Crippen LogP contribution in [0.1, 0.15) is 31.0 Å². The van der Waals surface area contributed by atoms with Crippen LogP contribution in [0.2, 0.25) is 0 Å². The Hall–Kier alpha value is -2.05. The molecule has 1 atom stereocenters. The summed E-state index contributed by atoms with van der Waals surface area (Å²) in [6, 6.07) is 3.15. The maximum Gasteiger partial charge on any atom is 0.412 e. The number of amides is 1. The summed E-state index contributed by atoms with van der Waals surface area (Å²) in [6.07, 6.45) is -3.49.